The van der Waals surface area contributed by atoms with Crippen molar-refractivity contribution < 1.29 is 16.8 Å². The quantitative estimate of drug-likeness (QED) is 0.861. The monoisotopic (exact) mass is 394 g/mol. The Balaban J connectivity index is 1.60. The lowest BCUT2D eigenvalue weighted by molar-refractivity contribution is 0.221. The maximum absolute atomic E-state index is 13.0. The fourth-order valence-electron chi connectivity index (χ4n) is 4.48. The summed E-state index contributed by atoms with van der Waals surface area (Å²) in [6.45, 7) is 0. The van der Waals surface area contributed by atoms with Gasteiger partial charge in [0, 0.05) is 23.5 Å². The van der Waals surface area contributed by atoms with Crippen LogP contribution in [0.15, 0.2) is 47.4 Å². The third-order valence-corrected chi connectivity index (χ3v) is 8.35. The van der Waals surface area contributed by atoms with E-state index < -0.39 is 20.0 Å². The minimum Gasteiger partial charge on any atom is -0.212 e. The topological polar surface area (TPSA) is 83.6 Å². The summed E-state index contributed by atoms with van der Waals surface area (Å²) in [4.78, 5) is 0.272. The van der Waals surface area contributed by atoms with Crippen LogP contribution in [0.5, 0.6) is 0 Å². The number of nitrogens with zero attached hydrogens (tertiary/aromatic N) is 1. The highest BCUT2D eigenvalue weighted by Gasteiger charge is 2.46. The highest BCUT2D eigenvalue weighted by Crippen LogP contribution is 2.38. The molecule has 2 aliphatic rings. The summed E-state index contributed by atoms with van der Waals surface area (Å²) in [6.07, 6.45) is 3.87. The summed E-state index contributed by atoms with van der Waals surface area (Å²) in [5.74, 6) is 0. The van der Waals surface area contributed by atoms with E-state index in [1.54, 1.807) is 22.5 Å². The van der Waals surface area contributed by atoms with Gasteiger partial charge in [0.25, 0.3) is 0 Å². The molecular formula is C18H22N2O4S2. The largest absolute Gasteiger partial charge is 0.241 e. The summed E-state index contributed by atoms with van der Waals surface area (Å²) >= 11 is 0. The molecule has 0 aromatic heterocycles. The van der Waals surface area contributed by atoms with Crippen molar-refractivity contribution in [3.8, 4) is 0 Å². The molecule has 0 radical (unpaired) electrons. The first-order valence-electron chi connectivity index (χ1n) is 8.74. The van der Waals surface area contributed by atoms with Crippen molar-refractivity contribution in [2.75, 3.05) is 6.26 Å². The molecule has 0 aliphatic carbocycles. The Hall–Kier alpha value is -1.48. The van der Waals surface area contributed by atoms with E-state index in [1.165, 1.54) is 6.26 Å². The Morgan fingerprint density at radius 2 is 1.54 bits per heavy atom. The van der Waals surface area contributed by atoms with Gasteiger partial charge in [0.1, 0.15) is 0 Å². The van der Waals surface area contributed by atoms with Crippen LogP contribution in [0.25, 0.3) is 10.8 Å². The second-order valence-electron chi connectivity index (χ2n) is 7.24. The molecule has 0 saturated carbocycles. The van der Waals surface area contributed by atoms with Crippen molar-refractivity contribution in [1.29, 1.82) is 0 Å². The number of benzene rings is 2. The second kappa shape index (κ2) is 6.30. The molecule has 2 fully saturated rings. The first kappa shape index (κ1) is 17.9. The van der Waals surface area contributed by atoms with Crippen LogP contribution in [0.3, 0.4) is 0 Å². The van der Waals surface area contributed by atoms with Crippen LogP contribution in [0.2, 0.25) is 0 Å². The van der Waals surface area contributed by atoms with E-state index >= 15 is 0 Å². The molecule has 4 rings (SSSR count). The van der Waals surface area contributed by atoms with Crippen LogP contribution >= 0.6 is 0 Å². The molecule has 140 valence electrons. The van der Waals surface area contributed by atoms with Crippen molar-refractivity contribution in [3.05, 3.63) is 42.5 Å². The van der Waals surface area contributed by atoms with Gasteiger partial charge in [-0.15, -0.1) is 0 Å². The molecule has 2 bridgehead atoms. The van der Waals surface area contributed by atoms with E-state index in [0.29, 0.717) is 18.2 Å². The minimum absolute atomic E-state index is 0.107. The number of rotatable bonds is 4. The molecular weight excluding hydrogens is 372 g/mol. The second-order valence-corrected chi connectivity index (χ2v) is 10.8. The van der Waals surface area contributed by atoms with Crippen LogP contribution in [0.1, 0.15) is 25.7 Å². The van der Waals surface area contributed by atoms with Crippen molar-refractivity contribution >= 4 is 30.8 Å². The molecule has 26 heavy (non-hydrogen) atoms. The van der Waals surface area contributed by atoms with Gasteiger partial charge >= 0.3 is 0 Å². The van der Waals surface area contributed by atoms with E-state index in [-0.39, 0.29) is 23.0 Å². The number of fused-ring (bicyclic) bond motifs is 3. The SMILES string of the molecule is CS(=O)(=O)N1C2CCC1CC(NS(=O)(=O)c1cccc3ccccc13)C2. The first-order chi connectivity index (χ1) is 12.3. The van der Waals surface area contributed by atoms with E-state index in [0.717, 1.165) is 18.2 Å². The third-order valence-electron chi connectivity index (χ3n) is 5.41. The van der Waals surface area contributed by atoms with E-state index in [2.05, 4.69) is 4.72 Å². The molecule has 2 aliphatic heterocycles. The average molecular weight is 395 g/mol. The Morgan fingerprint density at radius 1 is 0.923 bits per heavy atom. The van der Waals surface area contributed by atoms with Gasteiger partial charge in [-0.25, -0.2) is 21.6 Å². The Labute approximate surface area is 154 Å². The van der Waals surface area contributed by atoms with Gasteiger partial charge in [0.05, 0.1) is 11.2 Å². The molecule has 2 atom stereocenters. The van der Waals surface area contributed by atoms with Gasteiger partial charge in [0.15, 0.2) is 0 Å². The van der Waals surface area contributed by atoms with Crippen molar-refractivity contribution in [2.45, 2.75) is 48.7 Å². The lowest BCUT2D eigenvalue weighted by Crippen LogP contribution is -2.52. The van der Waals surface area contributed by atoms with E-state index in [1.807, 2.05) is 24.3 Å². The van der Waals surface area contributed by atoms with Crippen LogP contribution in [0.4, 0.5) is 0 Å². The van der Waals surface area contributed by atoms with Gasteiger partial charge in [-0.05, 0) is 37.1 Å². The zero-order chi connectivity index (χ0) is 18.5. The zero-order valence-corrected chi connectivity index (χ0v) is 16.1. The maximum Gasteiger partial charge on any atom is 0.241 e. The first-order valence-corrected chi connectivity index (χ1v) is 12.1. The number of piperidine rings is 1. The molecule has 6 nitrogen and oxygen atoms in total. The van der Waals surface area contributed by atoms with Crippen molar-refractivity contribution in [3.63, 3.8) is 0 Å². The smallest absolute Gasteiger partial charge is 0.212 e. The van der Waals surface area contributed by atoms with Gasteiger partial charge in [-0.3, -0.25) is 0 Å². The number of nitrogens with one attached hydrogen (secondary N) is 1. The van der Waals surface area contributed by atoms with Gasteiger partial charge < -0.3 is 0 Å². The normalized spacial score (nSPS) is 27.0. The van der Waals surface area contributed by atoms with E-state index in [9.17, 15) is 16.8 Å². The fraction of sp³-hybridized carbons (Fsp3) is 0.444. The summed E-state index contributed by atoms with van der Waals surface area (Å²) in [5, 5.41) is 1.57. The molecule has 2 unspecified atom stereocenters. The maximum atomic E-state index is 13.0. The highest BCUT2D eigenvalue weighted by atomic mass is 32.2. The number of hydrogen-bond acceptors (Lipinski definition) is 4. The summed E-state index contributed by atoms with van der Waals surface area (Å²) in [7, 11) is -6.93. The number of hydrogen-bond donors (Lipinski definition) is 1. The summed E-state index contributed by atoms with van der Waals surface area (Å²) < 4.78 is 54.4. The molecule has 2 aromatic carbocycles. The lowest BCUT2D eigenvalue weighted by Gasteiger charge is -2.37. The van der Waals surface area contributed by atoms with Crippen molar-refractivity contribution in [1.82, 2.24) is 9.03 Å². The molecule has 2 aromatic rings. The molecule has 2 saturated heterocycles. The van der Waals surface area contributed by atoms with Crippen LogP contribution in [-0.2, 0) is 20.0 Å². The van der Waals surface area contributed by atoms with Gasteiger partial charge in [-0.1, -0.05) is 36.4 Å². The standard InChI is InChI=1S/C18H22N2O4S2/c1-25(21,22)20-15-9-10-16(20)12-14(11-15)19-26(23,24)18-8-4-6-13-5-2-3-7-17(13)18/h2-8,14-16,19H,9-12H2,1H3. The third kappa shape index (κ3) is 3.15. The zero-order valence-electron chi connectivity index (χ0n) is 14.5. The summed E-state index contributed by atoms with van der Waals surface area (Å²) in [5.41, 5.74) is 0. The number of sulfonamides is 2. The molecule has 0 spiro atoms. The molecule has 0 amide bonds. The van der Waals surface area contributed by atoms with Crippen molar-refractivity contribution in [2.24, 2.45) is 0 Å². The minimum atomic E-state index is -3.68. The highest BCUT2D eigenvalue weighted by molar-refractivity contribution is 7.89. The Bertz CT molecular complexity index is 1030. The lowest BCUT2D eigenvalue weighted by atomic mass is 10.0. The Kier molecular flexibility index (Phi) is 4.34. The molecule has 8 heteroatoms. The average Bonchev–Trinajstić information content (AvgIpc) is 2.86. The Morgan fingerprint density at radius 3 is 2.19 bits per heavy atom. The van der Waals surface area contributed by atoms with E-state index in [4.69, 9.17) is 0 Å². The van der Waals surface area contributed by atoms with Crippen LogP contribution in [-0.4, -0.2) is 45.5 Å². The summed E-state index contributed by atoms with van der Waals surface area (Å²) in [6, 6.07) is 12.2. The fourth-order valence-corrected chi connectivity index (χ4v) is 7.44. The van der Waals surface area contributed by atoms with Crippen LogP contribution < -0.4 is 4.72 Å². The predicted octanol–water partition coefficient (Wildman–Crippen LogP) is 2.07. The van der Waals surface area contributed by atoms with Crippen LogP contribution in [0, 0.1) is 0 Å². The molecule has 2 heterocycles. The predicted molar refractivity (Wildman–Crippen MR) is 101 cm³/mol. The molecule has 1 N–H and O–H groups in total. The van der Waals surface area contributed by atoms with Gasteiger partial charge in [0.2, 0.25) is 20.0 Å². The van der Waals surface area contributed by atoms with Gasteiger partial charge in [-0.2, -0.15) is 4.31 Å².